The van der Waals surface area contributed by atoms with Crippen LogP contribution in [0.1, 0.15) is 0 Å². The Bertz CT molecular complexity index is 3440. The molecule has 0 amide bonds. The lowest BCUT2D eigenvalue weighted by Gasteiger charge is -2.25. The lowest BCUT2D eigenvalue weighted by Crippen LogP contribution is -2.09. The molecule has 3 heterocycles. The van der Waals surface area contributed by atoms with Crippen LogP contribution in [0.25, 0.3) is 92.9 Å². The van der Waals surface area contributed by atoms with E-state index in [0.29, 0.717) is 0 Å². The first kappa shape index (κ1) is 29.3. The van der Waals surface area contributed by atoms with Crippen molar-refractivity contribution in [2.24, 2.45) is 0 Å². The summed E-state index contributed by atoms with van der Waals surface area (Å²) in [7, 11) is 0. The fourth-order valence-corrected chi connectivity index (χ4v) is 8.66. The summed E-state index contributed by atoms with van der Waals surface area (Å²) < 4.78 is 15.3. The van der Waals surface area contributed by atoms with Crippen LogP contribution in [-0.2, 0) is 0 Å². The van der Waals surface area contributed by atoms with Gasteiger partial charge in [-0.1, -0.05) is 91.0 Å². The highest BCUT2D eigenvalue weighted by Gasteiger charge is 2.20. The minimum absolute atomic E-state index is 0.846. The van der Waals surface area contributed by atoms with Gasteiger partial charge in [-0.25, -0.2) is 0 Å². The molecule has 12 aromatic rings. The van der Waals surface area contributed by atoms with Crippen molar-refractivity contribution < 1.29 is 8.83 Å². The van der Waals surface area contributed by atoms with Crippen LogP contribution in [-0.4, -0.2) is 4.57 Å². The molecule has 9 aromatic carbocycles. The molecule has 0 aliphatic carbocycles. The second kappa shape index (κ2) is 11.1. The summed E-state index contributed by atoms with van der Waals surface area (Å²) in [4.78, 5) is 2.33. The first-order valence-electron chi connectivity index (χ1n) is 18.3. The summed E-state index contributed by atoms with van der Waals surface area (Å²) in [6, 6.07) is 64.9. The van der Waals surface area contributed by atoms with Gasteiger partial charge in [0, 0.05) is 61.1 Å². The summed E-state index contributed by atoms with van der Waals surface area (Å²) in [5.41, 5.74) is 10.1. The number of fused-ring (bicyclic) bond motifs is 12. The van der Waals surface area contributed by atoms with Gasteiger partial charge >= 0.3 is 0 Å². The molecule has 252 valence electrons. The number of aromatic nitrogens is 1. The molecule has 0 aliphatic heterocycles. The second-order valence-corrected chi connectivity index (χ2v) is 14.1. The van der Waals surface area contributed by atoms with Crippen LogP contribution < -0.4 is 4.90 Å². The van der Waals surface area contributed by atoms with Crippen molar-refractivity contribution in [3.63, 3.8) is 0 Å². The molecule has 54 heavy (non-hydrogen) atoms. The van der Waals surface area contributed by atoms with Crippen molar-refractivity contribution in [2.75, 3.05) is 4.90 Å². The van der Waals surface area contributed by atoms with Crippen LogP contribution in [0.15, 0.2) is 191 Å². The van der Waals surface area contributed by atoms with E-state index in [2.05, 4.69) is 179 Å². The molecule has 0 N–H and O–H groups in total. The highest BCUT2D eigenvalue weighted by Crippen LogP contribution is 2.43. The summed E-state index contributed by atoms with van der Waals surface area (Å²) in [6.45, 7) is 0. The minimum Gasteiger partial charge on any atom is -0.456 e. The molecule has 4 nitrogen and oxygen atoms in total. The molecule has 0 spiro atoms. The van der Waals surface area contributed by atoms with Crippen molar-refractivity contribution in [1.82, 2.24) is 4.57 Å². The molecule has 0 atom stereocenters. The maximum atomic E-state index is 6.68. The van der Waals surface area contributed by atoms with E-state index in [1.807, 2.05) is 12.1 Å². The molecule has 12 rings (SSSR count). The second-order valence-electron chi connectivity index (χ2n) is 14.1. The normalized spacial score (nSPS) is 12.1. The number of furan rings is 2. The Morgan fingerprint density at radius 1 is 0.333 bits per heavy atom. The number of nitrogens with zero attached hydrogens (tertiary/aromatic N) is 2. The van der Waals surface area contributed by atoms with Gasteiger partial charge in [0.05, 0.1) is 11.0 Å². The SMILES string of the molecule is c1ccc(N(c2ccc3c(c2)oc2cc4cc5c(cc4cc23)oc2ccccc25)c2ccc3c4c5ccccc5ccc4n(-c4ccccc4)c3c2)cc1. The molecule has 0 aliphatic rings. The summed E-state index contributed by atoms with van der Waals surface area (Å²) >= 11 is 0. The fourth-order valence-electron chi connectivity index (χ4n) is 8.66. The van der Waals surface area contributed by atoms with E-state index >= 15 is 0 Å². The third-order valence-corrected chi connectivity index (χ3v) is 11.1. The van der Waals surface area contributed by atoms with Crippen LogP contribution in [0.2, 0.25) is 0 Å². The minimum atomic E-state index is 0.846. The Balaban J connectivity index is 1.06. The van der Waals surface area contributed by atoms with Crippen LogP contribution in [0.3, 0.4) is 0 Å². The largest absolute Gasteiger partial charge is 0.456 e. The van der Waals surface area contributed by atoms with Crippen molar-refractivity contribution >= 4 is 104 Å². The first-order valence-corrected chi connectivity index (χ1v) is 18.3. The third kappa shape index (κ3) is 4.25. The molecule has 0 bridgehead atoms. The van der Waals surface area contributed by atoms with Gasteiger partial charge in [0.25, 0.3) is 0 Å². The zero-order chi connectivity index (χ0) is 35.3. The predicted octanol–water partition coefficient (Wildman–Crippen LogP) is 14.4. The van der Waals surface area contributed by atoms with Crippen molar-refractivity contribution in [3.8, 4) is 5.69 Å². The van der Waals surface area contributed by atoms with Crippen molar-refractivity contribution in [2.45, 2.75) is 0 Å². The molecule has 0 saturated carbocycles. The molecule has 0 saturated heterocycles. The average molecular weight is 691 g/mol. The number of hydrogen-bond acceptors (Lipinski definition) is 3. The summed E-state index contributed by atoms with van der Waals surface area (Å²) in [5, 5.41) is 11.7. The Labute approximate surface area is 309 Å². The highest BCUT2D eigenvalue weighted by atomic mass is 16.3. The number of anilines is 3. The lowest BCUT2D eigenvalue weighted by molar-refractivity contribution is 0.668. The molecular formula is C50H30N2O2. The van der Waals surface area contributed by atoms with Crippen LogP contribution in [0.5, 0.6) is 0 Å². The van der Waals surface area contributed by atoms with E-state index < -0.39 is 0 Å². The van der Waals surface area contributed by atoms with Gasteiger partial charge in [-0.05, 0) is 106 Å². The quantitative estimate of drug-likeness (QED) is 0.184. The molecule has 0 fully saturated rings. The average Bonchev–Trinajstić information content (AvgIpc) is 3.88. The highest BCUT2D eigenvalue weighted by molar-refractivity contribution is 6.22. The summed E-state index contributed by atoms with van der Waals surface area (Å²) in [6.07, 6.45) is 0. The van der Waals surface area contributed by atoms with Gasteiger partial charge in [-0.2, -0.15) is 0 Å². The smallest absolute Gasteiger partial charge is 0.137 e. The zero-order valence-electron chi connectivity index (χ0n) is 29.0. The zero-order valence-corrected chi connectivity index (χ0v) is 29.0. The van der Waals surface area contributed by atoms with E-state index in [1.165, 1.54) is 27.1 Å². The van der Waals surface area contributed by atoms with Gasteiger partial charge in [0.1, 0.15) is 22.3 Å². The fraction of sp³-hybridized carbons (Fsp3) is 0. The van der Waals surface area contributed by atoms with E-state index in [9.17, 15) is 0 Å². The monoisotopic (exact) mass is 690 g/mol. The standard InChI is InChI=1S/C50H30N2O2/c1-3-12-34(13-4-1)51(36-21-23-41-45(29-36)52(35-14-5-2-6-15-35)44-24-19-31-11-7-8-16-38(31)50(41)44)37-20-22-40-43-26-33-27-47-42(39-17-9-10-18-46(39)53-47)25-32(33)28-48(43)54-49(40)30-37/h1-30H. The maximum absolute atomic E-state index is 6.68. The van der Waals surface area contributed by atoms with Gasteiger partial charge in [0.15, 0.2) is 0 Å². The molecule has 3 aromatic heterocycles. The Kier molecular flexibility index (Phi) is 6.02. The lowest BCUT2D eigenvalue weighted by atomic mass is 10.0. The Morgan fingerprint density at radius 3 is 1.70 bits per heavy atom. The topological polar surface area (TPSA) is 34.5 Å². The van der Waals surface area contributed by atoms with Crippen LogP contribution in [0.4, 0.5) is 17.1 Å². The first-order chi connectivity index (χ1) is 26.7. The predicted molar refractivity (Wildman–Crippen MR) is 225 cm³/mol. The Morgan fingerprint density at radius 2 is 0.926 bits per heavy atom. The van der Waals surface area contributed by atoms with Gasteiger partial charge in [0.2, 0.25) is 0 Å². The Hall–Kier alpha value is -7.30. The van der Waals surface area contributed by atoms with Crippen molar-refractivity contribution in [1.29, 1.82) is 0 Å². The molecular weight excluding hydrogens is 661 g/mol. The maximum Gasteiger partial charge on any atom is 0.137 e. The number of hydrogen-bond donors (Lipinski definition) is 0. The molecule has 4 heteroatoms. The van der Waals surface area contributed by atoms with E-state index in [0.717, 1.165) is 82.9 Å². The number of benzene rings is 9. The van der Waals surface area contributed by atoms with E-state index in [1.54, 1.807) is 0 Å². The van der Waals surface area contributed by atoms with Crippen LogP contribution >= 0.6 is 0 Å². The van der Waals surface area contributed by atoms with Gasteiger partial charge in [-0.15, -0.1) is 0 Å². The summed E-state index contributed by atoms with van der Waals surface area (Å²) in [5.74, 6) is 0. The van der Waals surface area contributed by atoms with Crippen molar-refractivity contribution in [3.05, 3.63) is 182 Å². The van der Waals surface area contributed by atoms with Gasteiger partial charge < -0.3 is 18.3 Å². The van der Waals surface area contributed by atoms with Crippen LogP contribution in [0, 0.1) is 0 Å². The van der Waals surface area contributed by atoms with Gasteiger partial charge in [-0.3, -0.25) is 0 Å². The molecule has 0 radical (unpaired) electrons. The number of para-hydroxylation sites is 3. The van der Waals surface area contributed by atoms with E-state index in [-0.39, 0.29) is 0 Å². The van der Waals surface area contributed by atoms with E-state index in [4.69, 9.17) is 8.83 Å². The third-order valence-electron chi connectivity index (χ3n) is 11.1. The molecule has 0 unspecified atom stereocenters. The number of rotatable bonds is 4.